The first-order valence-electron chi connectivity index (χ1n) is 6.57. The Morgan fingerprint density at radius 2 is 2.26 bits per heavy atom. The third kappa shape index (κ3) is 3.92. The molecule has 0 aliphatic heterocycles. The number of benzene rings is 1. The van der Waals surface area contributed by atoms with Gasteiger partial charge < -0.3 is 10.5 Å². The molecule has 1 aromatic carbocycles. The highest BCUT2D eigenvalue weighted by molar-refractivity contribution is 9.10. The fourth-order valence-electron chi connectivity index (χ4n) is 2.38. The van der Waals surface area contributed by atoms with E-state index in [4.69, 9.17) is 22.1 Å². The SMILES string of the molecule is COCCN(C1CC1)C(CN)c1ccc(Cl)c(Br)c1. The first-order valence-corrected chi connectivity index (χ1v) is 7.74. The Balaban J connectivity index is 2.17. The lowest BCUT2D eigenvalue weighted by molar-refractivity contribution is 0.115. The van der Waals surface area contributed by atoms with Gasteiger partial charge in [0.2, 0.25) is 0 Å². The highest BCUT2D eigenvalue weighted by Crippen LogP contribution is 2.35. The van der Waals surface area contributed by atoms with Gasteiger partial charge in [0.05, 0.1) is 11.6 Å². The summed E-state index contributed by atoms with van der Waals surface area (Å²) in [6.45, 7) is 2.26. The predicted octanol–water partition coefficient (Wildman–Crippen LogP) is 3.21. The molecule has 1 atom stereocenters. The second kappa shape index (κ2) is 7.04. The van der Waals surface area contributed by atoms with Gasteiger partial charge in [-0.1, -0.05) is 17.7 Å². The zero-order valence-corrected chi connectivity index (χ0v) is 13.5. The first-order chi connectivity index (χ1) is 9.17. The summed E-state index contributed by atoms with van der Waals surface area (Å²) in [4.78, 5) is 2.46. The molecule has 0 bridgehead atoms. The average Bonchev–Trinajstić information content (AvgIpc) is 3.22. The molecule has 2 rings (SSSR count). The fourth-order valence-corrected chi connectivity index (χ4v) is 2.89. The lowest BCUT2D eigenvalue weighted by Crippen LogP contribution is -2.37. The van der Waals surface area contributed by atoms with Crippen LogP contribution in [0, 0.1) is 0 Å². The number of rotatable bonds is 7. The molecule has 1 fully saturated rings. The van der Waals surface area contributed by atoms with Crippen molar-refractivity contribution in [3.8, 4) is 0 Å². The Hall–Kier alpha value is -0.130. The Bertz CT molecular complexity index is 426. The van der Waals surface area contributed by atoms with Crippen LogP contribution in [0.4, 0.5) is 0 Å². The Labute approximate surface area is 128 Å². The van der Waals surface area contributed by atoms with Crippen molar-refractivity contribution in [1.29, 1.82) is 0 Å². The van der Waals surface area contributed by atoms with Crippen LogP contribution in [0.3, 0.4) is 0 Å². The second-order valence-electron chi connectivity index (χ2n) is 4.89. The lowest BCUT2D eigenvalue weighted by Gasteiger charge is -2.31. The molecule has 0 aromatic heterocycles. The molecule has 19 heavy (non-hydrogen) atoms. The van der Waals surface area contributed by atoms with E-state index in [2.05, 4.69) is 33.0 Å². The van der Waals surface area contributed by atoms with Crippen LogP contribution in [0.1, 0.15) is 24.4 Å². The van der Waals surface area contributed by atoms with Gasteiger partial charge in [0.15, 0.2) is 0 Å². The van der Waals surface area contributed by atoms with Crippen molar-refractivity contribution < 1.29 is 4.74 Å². The molecule has 1 aromatic rings. The zero-order valence-electron chi connectivity index (χ0n) is 11.1. The van der Waals surface area contributed by atoms with Gasteiger partial charge in [0.25, 0.3) is 0 Å². The fraction of sp³-hybridized carbons (Fsp3) is 0.571. The van der Waals surface area contributed by atoms with Gasteiger partial charge in [0, 0.05) is 36.8 Å². The van der Waals surface area contributed by atoms with E-state index in [1.807, 2.05) is 6.07 Å². The van der Waals surface area contributed by atoms with Crippen LogP contribution in [0.2, 0.25) is 5.02 Å². The van der Waals surface area contributed by atoms with Crippen LogP contribution < -0.4 is 5.73 Å². The van der Waals surface area contributed by atoms with Crippen molar-refractivity contribution in [3.63, 3.8) is 0 Å². The lowest BCUT2D eigenvalue weighted by atomic mass is 10.1. The summed E-state index contributed by atoms with van der Waals surface area (Å²) in [5.74, 6) is 0. The number of hydrogen-bond donors (Lipinski definition) is 1. The topological polar surface area (TPSA) is 38.5 Å². The van der Waals surface area contributed by atoms with Crippen LogP contribution >= 0.6 is 27.5 Å². The van der Waals surface area contributed by atoms with Gasteiger partial charge in [0.1, 0.15) is 0 Å². The van der Waals surface area contributed by atoms with Gasteiger partial charge in [-0.15, -0.1) is 0 Å². The van der Waals surface area contributed by atoms with Crippen molar-refractivity contribution >= 4 is 27.5 Å². The molecule has 0 spiro atoms. The predicted molar refractivity (Wildman–Crippen MR) is 82.6 cm³/mol. The molecule has 0 saturated heterocycles. The minimum atomic E-state index is 0.233. The third-order valence-electron chi connectivity index (χ3n) is 3.52. The molecule has 5 heteroatoms. The minimum absolute atomic E-state index is 0.233. The molecular weight excluding hydrogens is 328 g/mol. The maximum Gasteiger partial charge on any atom is 0.0590 e. The number of hydrogen-bond acceptors (Lipinski definition) is 3. The van der Waals surface area contributed by atoms with E-state index in [0.29, 0.717) is 12.6 Å². The second-order valence-corrected chi connectivity index (χ2v) is 6.15. The summed E-state index contributed by atoms with van der Waals surface area (Å²) in [5, 5.41) is 0.731. The number of methoxy groups -OCH3 is 1. The molecule has 2 N–H and O–H groups in total. The monoisotopic (exact) mass is 346 g/mol. The van der Waals surface area contributed by atoms with E-state index in [-0.39, 0.29) is 6.04 Å². The zero-order chi connectivity index (χ0) is 13.8. The summed E-state index contributed by atoms with van der Waals surface area (Å²) < 4.78 is 6.13. The molecule has 1 aliphatic rings. The average molecular weight is 348 g/mol. The Morgan fingerprint density at radius 3 is 2.79 bits per heavy atom. The quantitative estimate of drug-likeness (QED) is 0.823. The molecule has 106 valence electrons. The summed E-state index contributed by atoms with van der Waals surface area (Å²) >= 11 is 9.54. The van der Waals surface area contributed by atoms with E-state index in [1.54, 1.807) is 7.11 Å². The third-order valence-corrected chi connectivity index (χ3v) is 4.74. The van der Waals surface area contributed by atoms with Crippen molar-refractivity contribution in [2.24, 2.45) is 5.73 Å². The maximum absolute atomic E-state index is 6.05. The summed E-state index contributed by atoms with van der Waals surface area (Å²) in [5.41, 5.74) is 7.21. The molecule has 0 heterocycles. The van der Waals surface area contributed by atoms with Crippen LogP contribution in [0.15, 0.2) is 22.7 Å². The number of ether oxygens (including phenoxy) is 1. The van der Waals surface area contributed by atoms with E-state index in [1.165, 1.54) is 18.4 Å². The highest BCUT2D eigenvalue weighted by atomic mass is 79.9. The van der Waals surface area contributed by atoms with Crippen molar-refractivity contribution in [2.45, 2.75) is 24.9 Å². The van der Waals surface area contributed by atoms with Gasteiger partial charge in [-0.05, 0) is 46.5 Å². The van der Waals surface area contributed by atoms with Crippen LogP contribution in [-0.4, -0.2) is 37.7 Å². The van der Waals surface area contributed by atoms with Gasteiger partial charge in [-0.3, -0.25) is 4.90 Å². The maximum atomic E-state index is 6.05. The normalized spacial score (nSPS) is 16.9. The van der Waals surface area contributed by atoms with Crippen LogP contribution in [0.5, 0.6) is 0 Å². The van der Waals surface area contributed by atoms with Crippen molar-refractivity contribution in [2.75, 3.05) is 26.8 Å². The Kier molecular flexibility index (Phi) is 5.66. The summed E-state index contributed by atoms with van der Waals surface area (Å²) in [7, 11) is 1.74. The highest BCUT2D eigenvalue weighted by Gasteiger charge is 2.33. The smallest absolute Gasteiger partial charge is 0.0590 e. The molecule has 0 amide bonds. The van der Waals surface area contributed by atoms with Crippen LogP contribution in [0.25, 0.3) is 0 Å². The summed E-state index contributed by atoms with van der Waals surface area (Å²) in [6.07, 6.45) is 2.52. The van der Waals surface area contributed by atoms with Gasteiger partial charge in [-0.2, -0.15) is 0 Å². The van der Waals surface area contributed by atoms with E-state index < -0.39 is 0 Å². The largest absolute Gasteiger partial charge is 0.383 e. The van der Waals surface area contributed by atoms with E-state index in [0.717, 1.165) is 22.6 Å². The van der Waals surface area contributed by atoms with Gasteiger partial charge in [-0.25, -0.2) is 0 Å². The van der Waals surface area contributed by atoms with Crippen molar-refractivity contribution in [3.05, 3.63) is 33.3 Å². The standard InChI is InChI=1S/C14H20BrClN2O/c1-19-7-6-18(11-3-4-11)14(9-17)10-2-5-13(16)12(15)8-10/h2,5,8,11,14H,3-4,6-7,9,17H2,1H3. The summed E-state index contributed by atoms with van der Waals surface area (Å²) in [6, 6.07) is 6.94. The number of halogens is 2. The van der Waals surface area contributed by atoms with E-state index in [9.17, 15) is 0 Å². The molecule has 1 unspecified atom stereocenters. The number of nitrogens with two attached hydrogens (primary N) is 1. The minimum Gasteiger partial charge on any atom is -0.383 e. The van der Waals surface area contributed by atoms with E-state index >= 15 is 0 Å². The first kappa shape index (κ1) is 15.3. The van der Waals surface area contributed by atoms with Gasteiger partial charge >= 0.3 is 0 Å². The molecule has 1 saturated carbocycles. The molecule has 3 nitrogen and oxygen atoms in total. The molecule has 0 radical (unpaired) electrons. The Morgan fingerprint density at radius 1 is 1.53 bits per heavy atom. The van der Waals surface area contributed by atoms with Crippen molar-refractivity contribution in [1.82, 2.24) is 4.90 Å². The van der Waals surface area contributed by atoms with Crippen LogP contribution in [-0.2, 0) is 4.74 Å². The number of nitrogens with zero attached hydrogens (tertiary/aromatic N) is 1. The molecular formula is C14H20BrClN2O. The molecule has 1 aliphatic carbocycles.